The lowest BCUT2D eigenvalue weighted by atomic mass is 9.99. The maximum Gasteiger partial charge on any atom is 0.224 e. The van der Waals surface area contributed by atoms with Crippen LogP contribution in [0.4, 0.5) is 4.39 Å². The Hall–Kier alpha value is -1.61. The van der Waals surface area contributed by atoms with E-state index in [0.717, 1.165) is 5.56 Å². The largest absolute Gasteiger partial charge is 0.355 e. The lowest BCUT2D eigenvalue weighted by Gasteiger charge is -2.31. The zero-order chi connectivity index (χ0) is 23.7. The van der Waals surface area contributed by atoms with Gasteiger partial charge in [-0.1, -0.05) is 48.0 Å². The van der Waals surface area contributed by atoms with Crippen molar-refractivity contribution < 1.29 is 17.6 Å². The highest BCUT2D eigenvalue weighted by molar-refractivity contribution is 7.98. The Balaban J connectivity index is 1.39. The quantitative estimate of drug-likeness (QED) is 0.450. The fourth-order valence-corrected chi connectivity index (χ4v) is 6.66. The number of carbonyl (C=O) groups excluding carboxylic acids is 1. The molecule has 0 aliphatic carbocycles. The van der Waals surface area contributed by atoms with E-state index in [4.69, 9.17) is 11.6 Å². The molecule has 0 radical (unpaired) electrons. The van der Waals surface area contributed by atoms with E-state index in [1.807, 2.05) is 30.3 Å². The molecular weight excluding hydrogens is 483 g/mol. The highest BCUT2D eigenvalue weighted by Gasteiger charge is 2.31. The molecule has 2 aromatic carbocycles. The maximum absolute atomic E-state index is 13.8. The Kier molecular flexibility index (Phi) is 10.0. The molecule has 1 N–H and O–H groups in total. The van der Waals surface area contributed by atoms with Crippen LogP contribution in [0.2, 0.25) is 5.02 Å². The van der Waals surface area contributed by atoms with Crippen LogP contribution < -0.4 is 5.32 Å². The van der Waals surface area contributed by atoms with Crippen molar-refractivity contribution in [1.29, 1.82) is 0 Å². The number of nitrogens with zero attached hydrogens (tertiary/aromatic N) is 1. The smallest absolute Gasteiger partial charge is 0.224 e. The van der Waals surface area contributed by atoms with Crippen molar-refractivity contribution in [2.24, 2.45) is 5.92 Å². The molecule has 0 aromatic heterocycles. The predicted molar refractivity (Wildman–Crippen MR) is 133 cm³/mol. The number of hydrogen-bond acceptors (Lipinski definition) is 4. The van der Waals surface area contributed by atoms with Gasteiger partial charge in [0.2, 0.25) is 15.9 Å². The van der Waals surface area contributed by atoms with Gasteiger partial charge in [0.05, 0.1) is 11.7 Å². The Bertz CT molecular complexity index is 1000. The number of aryl methyl sites for hydroxylation is 1. The van der Waals surface area contributed by atoms with Gasteiger partial charge in [0.15, 0.2) is 0 Å². The first-order chi connectivity index (χ1) is 15.9. The lowest BCUT2D eigenvalue weighted by molar-refractivity contribution is -0.125. The third kappa shape index (κ3) is 7.98. The number of nitrogens with one attached hydrogen (secondary N) is 1. The molecular formula is C24H30ClFN2O3S2. The molecule has 1 aliphatic rings. The number of amides is 1. The topological polar surface area (TPSA) is 66.5 Å². The molecule has 1 amide bonds. The normalized spacial score (nSPS) is 17.1. The number of sulfonamides is 1. The van der Waals surface area contributed by atoms with E-state index in [9.17, 15) is 17.6 Å². The number of piperidine rings is 1. The van der Waals surface area contributed by atoms with E-state index in [-0.39, 0.29) is 29.9 Å². The second-order valence-corrected chi connectivity index (χ2v) is 11.7. The summed E-state index contributed by atoms with van der Waals surface area (Å²) >= 11 is 7.52. The van der Waals surface area contributed by atoms with E-state index in [0.29, 0.717) is 60.9 Å². The van der Waals surface area contributed by atoms with Gasteiger partial charge in [0, 0.05) is 41.7 Å². The molecule has 0 bridgehead atoms. The van der Waals surface area contributed by atoms with Gasteiger partial charge in [-0.25, -0.2) is 17.1 Å². The van der Waals surface area contributed by atoms with Crippen molar-refractivity contribution >= 4 is 39.3 Å². The summed E-state index contributed by atoms with van der Waals surface area (Å²) in [5.41, 5.74) is 1.59. The number of hydrogen-bond donors (Lipinski definition) is 1. The Labute approximate surface area is 205 Å². The summed E-state index contributed by atoms with van der Waals surface area (Å²) in [6, 6.07) is 14.4. The van der Waals surface area contributed by atoms with Crippen LogP contribution >= 0.6 is 23.4 Å². The Morgan fingerprint density at radius 2 is 1.97 bits per heavy atom. The van der Waals surface area contributed by atoms with Gasteiger partial charge in [-0.15, -0.1) is 0 Å². The molecule has 1 saturated heterocycles. The predicted octanol–water partition coefficient (Wildman–Crippen LogP) is 4.50. The highest BCUT2D eigenvalue weighted by atomic mass is 35.5. The minimum absolute atomic E-state index is 0.0888. The average molecular weight is 513 g/mol. The molecule has 5 nitrogen and oxygen atoms in total. The van der Waals surface area contributed by atoms with Gasteiger partial charge >= 0.3 is 0 Å². The maximum atomic E-state index is 13.8. The van der Waals surface area contributed by atoms with Crippen molar-refractivity contribution in [1.82, 2.24) is 9.62 Å². The molecule has 1 heterocycles. The summed E-state index contributed by atoms with van der Waals surface area (Å²) in [6.45, 7) is 1.14. The van der Waals surface area contributed by atoms with E-state index < -0.39 is 10.0 Å². The zero-order valence-electron chi connectivity index (χ0n) is 18.5. The van der Waals surface area contributed by atoms with Crippen LogP contribution in [0.25, 0.3) is 0 Å². The van der Waals surface area contributed by atoms with Crippen molar-refractivity contribution in [2.75, 3.05) is 31.1 Å². The van der Waals surface area contributed by atoms with Crippen LogP contribution in [0.1, 0.15) is 30.4 Å². The standard InChI is InChI=1S/C24H30ClFN2O3S2/c25-22-11-4-12-23(26)21(22)18-32-15-13-27-24(29)20-10-5-14-28(17-20)33(30,31)16-6-9-19-7-2-1-3-8-19/h1-4,7-8,11-12,20H,5-6,9-10,13-18H2,(H,27,29). The Morgan fingerprint density at radius 3 is 2.73 bits per heavy atom. The molecule has 33 heavy (non-hydrogen) atoms. The molecule has 180 valence electrons. The van der Waals surface area contributed by atoms with Crippen LogP contribution in [0.3, 0.4) is 0 Å². The number of carbonyl (C=O) groups is 1. The molecule has 9 heteroatoms. The van der Waals surface area contributed by atoms with Crippen LogP contribution in [0.15, 0.2) is 48.5 Å². The third-order valence-corrected chi connectivity index (χ3v) is 8.98. The molecule has 0 saturated carbocycles. The molecule has 1 atom stereocenters. The van der Waals surface area contributed by atoms with Crippen LogP contribution in [-0.4, -0.2) is 49.8 Å². The summed E-state index contributed by atoms with van der Waals surface area (Å²) in [5.74, 6) is 0.347. The second-order valence-electron chi connectivity index (χ2n) is 8.15. The number of rotatable bonds is 11. The number of halogens is 2. The van der Waals surface area contributed by atoms with E-state index >= 15 is 0 Å². The molecule has 1 fully saturated rings. The second kappa shape index (κ2) is 12.7. The van der Waals surface area contributed by atoms with Gasteiger partial charge in [0.25, 0.3) is 0 Å². The number of benzene rings is 2. The van der Waals surface area contributed by atoms with Crippen molar-refractivity contribution in [3.05, 3.63) is 70.5 Å². The fourth-order valence-electron chi connectivity index (χ4n) is 3.88. The first-order valence-corrected chi connectivity index (χ1v) is 14.3. The van der Waals surface area contributed by atoms with Gasteiger partial charge < -0.3 is 5.32 Å². The summed E-state index contributed by atoms with van der Waals surface area (Å²) in [7, 11) is -3.39. The summed E-state index contributed by atoms with van der Waals surface area (Å²) in [4.78, 5) is 12.6. The molecule has 1 aliphatic heterocycles. The SMILES string of the molecule is O=C(NCCSCc1c(F)cccc1Cl)C1CCCN(S(=O)(=O)CCCc2ccccc2)C1. The minimum Gasteiger partial charge on any atom is -0.355 e. The van der Waals surface area contributed by atoms with Crippen molar-refractivity contribution in [3.8, 4) is 0 Å². The summed E-state index contributed by atoms with van der Waals surface area (Å²) in [5, 5.41) is 3.30. The first kappa shape index (κ1) is 26.0. The van der Waals surface area contributed by atoms with Crippen molar-refractivity contribution in [3.63, 3.8) is 0 Å². The lowest BCUT2D eigenvalue weighted by Crippen LogP contribution is -2.46. The van der Waals surface area contributed by atoms with Crippen LogP contribution in [0.5, 0.6) is 0 Å². The molecule has 1 unspecified atom stereocenters. The van der Waals surface area contributed by atoms with Gasteiger partial charge in [0.1, 0.15) is 5.82 Å². The zero-order valence-corrected chi connectivity index (χ0v) is 20.9. The molecule has 3 rings (SSSR count). The van der Waals surface area contributed by atoms with Crippen LogP contribution in [0, 0.1) is 11.7 Å². The molecule has 2 aromatic rings. The van der Waals surface area contributed by atoms with Crippen molar-refractivity contribution in [2.45, 2.75) is 31.4 Å². The fraction of sp³-hybridized carbons (Fsp3) is 0.458. The van der Waals surface area contributed by atoms with Gasteiger partial charge in [-0.05, 0) is 43.4 Å². The van der Waals surface area contributed by atoms with Crippen LogP contribution in [-0.2, 0) is 27.0 Å². The van der Waals surface area contributed by atoms with E-state index in [1.165, 1.54) is 22.1 Å². The minimum atomic E-state index is -3.39. The van der Waals surface area contributed by atoms with Gasteiger partial charge in [-0.3, -0.25) is 4.79 Å². The first-order valence-electron chi connectivity index (χ1n) is 11.2. The van der Waals surface area contributed by atoms with E-state index in [1.54, 1.807) is 12.1 Å². The van der Waals surface area contributed by atoms with Gasteiger partial charge in [-0.2, -0.15) is 11.8 Å². The molecule has 0 spiro atoms. The average Bonchev–Trinajstić information content (AvgIpc) is 2.81. The number of thioether (sulfide) groups is 1. The third-order valence-electron chi connectivity index (χ3n) is 5.71. The summed E-state index contributed by atoms with van der Waals surface area (Å²) in [6.07, 6.45) is 2.63. The Morgan fingerprint density at radius 1 is 1.18 bits per heavy atom. The summed E-state index contributed by atoms with van der Waals surface area (Å²) < 4.78 is 40.8. The monoisotopic (exact) mass is 512 g/mol. The highest BCUT2D eigenvalue weighted by Crippen LogP contribution is 2.24. The van der Waals surface area contributed by atoms with E-state index in [2.05, 4.69) is 5.32 Å².